The van der Waals surface area contributed by atoms with Crippen molar-refractivity contribution < 1.29 is 9.50 Å². The molecule has 0 aliphatic carbocycles. The summed E-state index contributed by atoms with van der Waals surface area (Å²) in [5.41, 5.74) is 8.16. The maximum absolute atomic E-state index is 13.5. The van der Waals surface area contributed by atoms with Crippen LogP contribution in [0.15, 0.2) is 12.1 Å². The summed E-state index contributed by atoms with van der Waals surface area (Å²) in [5.74, 6) is -0.235. The number of aryl methyl sites for hydroxylation is 1. The average molecular weight is 240 g/mol. The number of anilines is 1. The summed E-state index contributed by atoms with van der Waals surface area (Å²) in [6.45, 7) is 6.92. The number of hydrogen-bond acceptors (Lipinski definition) is 3. The molecule has 3 nitrogen and oxygen atoms in total. The van der Waals surface area contributed by atoms with Gasteiger partial charge in [0.05, 0.1) is 6.61 Å². The lowest BCUT2D eigenvalue weighted by molar-refractivity contribution is 0.302. The van der Waals surface area contributed by atoms with Crippen LogP contribution in [0.2, 0.25) is 0 Å². The molecule has 0 unspecified atom stereocenters. The fraction of sp³-hybridized carbons (Fsp3) is 0.538. The number of nitrogens with two attached hydrogens (primary N) is 1. The number of halogens is 1. The molecule has 0 bridgehead atoms. The third-order valence-electron chi connectivity index (χ3n) is 2.89. The molecule has 3 N–H and O–H groups in total. The van der Waals surface area contributed by atoms with Gasteiger partial charge in [-0.2, -0.15) is 0 Å². The minimum atomic E-state index is -0.235. The number of likely N-dealkylation sites (N-methyl/N-ethyl adjacent to an activating group) is 1. The number of aliphatic hydroxyl groups excluding tert-OH is 1. The Morgan fingerprint density at radius 2 is 2.12 bits per heavy atom. The Labute approximate surface area is 102 Å². The molecule has 0 aliphatic rings. The van der Waals surface area contributed by atoms with Gasteiger partial charge in [-0.3, -0.25) is 0 Å². The summed E-state index contributed by atoms with van der Waals surface area (Å²) in [5, 5.41) is 9.04. The van der Waals surface area contributed by atoms with E-state index in [0.717, 1.165) is 17.8 Å². The molecule has 1 atom stereocenters. The van der Waals surface area contributed by atoms with Gasteiger partial charge in [0.1, 0.15) is 5.82 Å². The highest BCUT2D eigenvalue weighted by Crippen LogP contribution is 2.28. The zero-order chi connectivity index (χ0) is 13.0. The molecule has 4 heteroatoms. The van der Waals surface area contributed by atoms with E-state index in [1.54, 1.807) is 13.0 Å². The molecule has 0 saturated carbocycles. The molecule has 0 fully saturated rings. The van der Waals surface area contributed by atoms with Crippen LogP contribution in [0.3, 0.4) is 0 Å². The summed E-state index contributed by atoms with van der Waals surface area (Å²) < 4.78 is 13.5. The minimum Gasteiger partial charge on any atom is -0.395 e. The largest absolute Gasteiger partial charge is 0.395 e. The fourth-order valence-corrected chi connectivity index (χ4v) is 1.89. The van der Waals surface area contributed by atoms with Gasteiger partial charge in [0.25, 0.3) is 0 Å². The van der Waals surface area contributed by atoms with Crippen LogP contribution in [-0.2, 0) is 0 Å². The molecule has 0 heterocycles. The monoisotopic (exact) mass is 240 g/mol. The Balaban J connectivity index is 3.23. The molecule has 0 aromatic heterocycles. The molecule has 1 aromatic carbocycles. The molecule has 0 aliphatic heterocycles. The van der Waals surface area contributed by atoms with Gasteiger partial charge in [-0.05, 0) is 44.0 Å². The molecule has 0 spiro atoms. The molecule has 0 radical (unpaired) electrons. The van der Waals surface area contributed by atoms with E-state index in [9.17, 15) is 4.39 Å². The van der Waals surface area contributed by atoms with Gasteiger partial charge in [0, 0.05) is 24.8 Å². The predicted octanol–water partition coefficient (Wildman–Crippen LogP) is 1.97. The highest BCUT2D eigenvalue weighted by Gasteiger charge is 2.15. The Morgan fingerprint density at radius 1 is 1.47 bits per heavy atom. The van der Waals surface area contributed by atoms with Crippen LogP contribution in [0.1, 0.15) is 31.0 Å². The van der Waals surface area contributed by atoms with Crippen molar-refractivity contribution in [2.45, 2.75) is 26.8 Å². The van der Waals surface area contributed by atoms with Crippen LogP contribution in [0, 0.1) is 12.7 Å². The van der Waals surface area contributed by atoms with Crippen molar-refractivity contribution in [1.82, 2.24) is 0 Å². The van der Waals surface area contributed by atoms with Gasteiger partial charge in [0.15, 0.2) is 0 Å². The number of nitrogens with zero attached hydrogens (tertiary/aromatic N) is 1. The molecular formula is C13H21FN2O. The van der Waals surface area contributed by atoms with Crippen molar-refractivity contribution in [2.24, 2.45) is 5.73 Å². The third-order valence-corrected chi connectivity index (χ3v) is 2.89. The molecule has 1 aromatic rings. The first-order valence-corrected chi connectivity index (χ1v) is 5.92. The van der Waals surface area contributed by atoms with E-state index >= 15 is 0 Å². The highest BCUT2D eigenvalue weighted by atomic mass is 19.1. The first-order valence-electron chi connectivity index (χ1n) is 5.92. The summed E-state index contributed by atoms with van der Waals surface area (Å²) in [7, 11) is 0. The van der Waals surface area contributed by atoms with Crippen LogP contribution in [0.4, 0.5) is 10.1 Å². The molecule has 0 amide bonds. The Morgan fingerprint density at radius 3 is 2.59 bits per heavy atom. The van der Waals surface area contributed by atoms with Gasteiger partial charge >= 0.3 is 0 Å². The number of rotatable bonds is 5. The Kier molecular flexibility index (Phi) is 4.90. The lowest BCUT2D eigenvalue weighted by Crippen LogP contribution is -2.28. The van der Waals surface area contributed by atoms with E-state index < -0.39 is 0 Å². The van der Waals surface area contributed by atoms with Gasteiger partial charge < -0.3 is 15.7 Å². The van der Waals surface area contributed by atoms with Gasteiger partial charge in [-0.15, -0.1) is 0 Å². The zero-order valence-corrected chi connectivity index (χ0v) is 10.7. The maximum atomic E-state index is 13.5. The third kappa shape index (κ3) is 3.17. The van der Waals surface area contributed by atoms with Crippen LogP contribution < -0.4 is 10.6 Å². The van der Waals surface area contributed by atoms with Crippen molar-refractivity contribution in [1.29, 1.82) is 0 Å². The smallest absolute Gasteiger partial charge is 0.126 e. The van der Waals surface area contributed by atoms with E-state index in [1.165, 1.54) is 6.07 Å². The normalized spacial score (nSPS) is 12.6. The number of aliphatic hydroxyl groups is 1. The van der Waals surface area contributed by atoms with Gasteiger partial charge in [-0.1, -0.05) is 0 Å². The second kappa shape index (κ2) is 5.98. The standard InChI is InChI=1S/C13H21FN2O/c1-4-16(5-6-17)13-7-9(2)12(14)8-11(13)10(3)15/h7-8,10,17H,4-6,15H2,1-3H3/t10-/m0/s1. The van der Waals surface area contributed by atoms with Crippen LogP contribution in [0.25, 0.3) is 0 Å². The van der Waals surface area contributed by atoms with Crippen molar-refractivity contribution in [3.05, 3.63) is 29.1 Å². The van der Waals surface area contributed by atoms with Crippen LogP contribution >= 0.6 is 0 Å². The molecule has 1 rings (SSSR count). The van der Waals surface area contributed by atoms with Crippen molar-refractivity contribution in [3.8, 4) is 0 Å². The molecule has 0 saturated heterocycles. The average Bonchev–Trinajstić information content (AvgIpc) is 2.29. The van der Waals surface area contributed by atoms with Crippen molar-refractivity contribution in [2.75, 3.05) is 24.6 Å². The van der Waals surface area contributed by atoms with E-state index in [0.29, 0.717) is 12.1 Å². The minimum absolute atomic E-state index is 0.0721. The van der Waals surface area contributed by atoms with Crippen molar-refractivity contribution in [3.63, 3.8) is 0 Å². The fourth-order valence-electron chi connectivity index (χ4n) is 1.89. The lowest BCUT2D eigenvalue weighted by atomic mass is 10.0. The first-order chi connectivity index (χ1) is 8.01. The highest BCUT2D eigenvalue weighted by molar-refractivity contribution is 5.57. The quantitative estimate of drug-likeness (QED) is 0.827. The topological polar surface area (TPSA) is 49.5 Å². The Hall–Kier alpha value is -1.13. The van der Waals surface area contributed by atoms with Gasteiger partial charge in [0.2, 0.25) is 0 Å². The Bertz CT molecular complexity index is 380. The maximum Gasteiger partial charge on any atom is 0.126 e. The van der Waals surface area contributed by atoms with E-state index in [2.05, 4.69) is 0 Å². The first kappa shape index (κ1) is 13.9. The van der Waals surface area contributed by atoms with Crippen molar-refractivity contribution >= 4 is 5.69 Å². The van der Waals surface area contributed by atoms with Gasteiger partial charge in [-0.25, -0.2) is 4.39 Å². The van der Waals surface area contributed by atoms with E-state index in [4.69, 9.17) is 10.8 Å². The summed E-state index contributed by atoms with van der Waals surface area (Å²) in [4.78, 5) is 2.01. The molecular weight excluding hydrogens is 219 g/mol. The van der Waals surface area contributed by atoms with Crippen LogP contribution in [0.5, 0.6) is 0 Å². The second-order valence-electron chi connectivity index (χ2n) is 4.25. The zero-order valence-electron chi connectivity index (χ0n) is 10.7. The number of hydrogen-bond donors (Lipinski definition) is 2. The van der Waals surface area contributed by atoms with Crippen LogP contribution in [-0.4, -0.2) is 24.8 Å². The molecule has 17 heavy (non-hydrogen) atoms. The summed E-state index contributed by atoms with van der Waals surface area (Å²) >= 11 is 0. The second-order valence-corrected chi connectivity index (χ2v) is 4.25. The molecule has 96 valence electrons. The van der Waals surface area contributed by atoms with E-state index in [1.807, 2.05) is 18.7 Å². The lowest BCUT2D eigenvalue weighted by Gasteiger charge is -2.27. The number of benzene rings is 1. The van der Waals surface area contributed by atoms with E-state index in [-0.39, 0.29) is 18.5 Å². The summed E-state index contributed by atoms with van der Waals surface area (Å²) in [6, 6.07) is 3.07. The summed E-state index contributed by atoms with van der Waals surface area (Å²) in [6.07, 6.45) is 0. The predicted molar refractivity (Wildman–Crippen MR) is 68.7 cm³/mol. The SMILES string of the molecule is CCN(CCO)c1cc(C)c(F)cc1[C@H](C)N.